The molecule has 3 aromatic carbocycles. The van der Waals surface area contributed by atoms with Gasteiger partial charge in [0.25, 0.3) is 21.6 Å². The van der Waals surface area contributed by atoms with Crippen LogP contribution in [0.3, 0.4) is 0 Å². The summed E-state index contributed by atoms with van der Waals surface area (Å²) in [5.41, 5.74) is 0.483. The molecule has 0 aliphatic heterocycles. The fourth-order valence-electron chi connectivity index (χ4n) is 3.24. The van der Waals surface area contributed by atoms with Gasteiger partial charge in [0.05, 0.1) is 22.6 Å². The average molecular weight is 488 g/mol. The van der Waals surface area contributed by atoms with E-state index in [1.165, 1.54) is 60.5 Å². The van der Waals surface area contributed by atoms with Crippen LogP contribution in [0.2, 0.25) is 0 Å². The monoisotopic (exact) mass is 487 g/mol. The number of nitrogens with zero attached hydrogens (tertiary/aromatic N) is 2. The fraction of sp³-hybridized carbons (Fsp3) is 0.174. The van der Waals surface area contributed by atoms with Crippen molar-refractivity contribution in [3.05, 3.63) is 93.8 Å². The highest BCUT2D eigenvalue weighted by Gasteiger charge is 2.21. The number of rotatable bonds is 9. The number of sulfonamides is 1. The number of nitro benzene ring substituents is 1. The molecule has 1 N–H and O–H groups in total. The Morgan fingerprint density at radius 3 is 2.41 bits per heavy atom. The van der Waals surface area contributed by atoms with Crippen LogP contribution >= 0.6 is 0 Å². The topological polar surface area (TPSA) is 119 Å². The maximum atomic E-state index is 13.5. The third-order valence-electron chi connectivity index (χ3n) is 4.98. The quantitative estimate of drug-likeness (QED) is 0.357. The van der Waals surface area contributed by atoms with Crippen LogP contribution in [0.1, 0.15) is 22.8 Å². The van der Waals surface area contributed by atoms with Gasteiger partial charge in [-0.15, -0.1) is 0 Å². The lowest BCUT2D eigenvalue weighted by molar-refractivity contribution is -0.384. The van der Waals surface area contributed by atoms with Crippen LogP contribution in [-0.4, -0.2) is 37.8 Å². The molecule has 178 valence electrons. The Bertz CT molecular complexity index is 1310. The zero-order chi connectivity index (χ0) is 24.9. The number of methoxy groups -OCH3 is 1. The van der Waals surface area contributed by atoms with Crippen molar-refractivity contribution < 1.29 is 27.3 Å². The highest BCUT2D eigenvalue weighted by Crippen LogP contribution is 2.31. The lowest BCUT2D eigenvalue weighted by Gasteiger charge is -2.21. The summed E-state index contributed by atoms with van der Waals surface area (Å²) < 4.78 is 46.5. The first-order valence-electron chi connectivity index (χ1n) is 10.1. The first kappa shape index (κ1) is 24.6. The van der Waals surface area contributed by atoms with Gasteiger partial charge in [0, 0.05) is 30.8 Å². The Morgan fingerprint density at radius 1 is 1.12 bits per heavy atom. The number of carbonyl (C=O) groups is 1. The van der Waals surface area contributed by atoms with E-state index in [2.05, 4.69) is 4.72 Å². The third kappa shape index (κ3) is 5.67. The van der Waals surface area contributed by atoms with E-state index in [9.17, 15) is 27.7 Å². The number of non-ortho nitro benzene ring substituents is 1. The van der Waals surface area contributed by atoms with Gasteiger partial charge in [-0.25, -0.2) is 12.8 Å². The highest BCUT2D eigenvalue weighted by molar-refractivity contribution is 7.92. The molecule has 0 atom stereocenters. The Hall–Kier alpha value is -3.99. The van der Waals surface area contributed by atoms with Gasteiger partial charge in [-0.05, 0) is 55.0 Å². The number of anilines is 1. The first-order valence-corrected chi connectivity index (χ1v) is 11.6. The van der Waals surface area contributed by atoms with Gasteiger partial charge in [-0.2, -0.15) is 0 Å². The molecule has 0 aliphatic carbocycles. The van der Waals surface area contributed by atoms with Gasteiger partial charge >= 0.3 is 0 Å². The van der Waals surface area contributed by atoms with Crippen LogP contribution in [0.25, 0.3) is 0 Å². The maximum Gasteiger partial charge on any atom is 0.271 e. The highest BCUT2D eigenvalue weighted by atomic mass is 32.2. The van der Waals surface area contributed by atoms with Crippen molar-refractivity contribution in [2.24, 2.45) is 0 Å². The Morgan fingerprint density at radius 2 is 1.82 bits per heavy atom. The van der Waals surface area contributed by atoms with E-state index < -0.39 is 20.8 Å². The second-order valence-corrected chi connectivity index (χ2v) is 8.90. The van der Waals surface area contributed by atoms with Crippen LogP contribution in [0.5, 0.6) is 5.75 Å². The first-order chi connectivity index (χ1) is 16.1. The molecule has 1 amide bonds. The SMILES string of the molecule is CCN(Cc1cccc(F)c1)C(=O)c1ccc(S(=O)(=O)Nc2cc([N+](=O)[O-])ccc2OC)cc1. The molecule has 0 saturated carbocycles. The number of ether oxygens (including phenoxy) is 1. The molecular weight excluding hydrogens is 465 g/mol. The van der Waals surface area contributed by atoms with E-state index in [4.69, 9.17) is 4.74 Å². The minimum absolute atomic E-state index is 0.0934. The normalized spacial score (nSPS) is 11.0. The summed E-state index contributed by atoms with van der Waals surface area (Å²) in [6.07, 6.45) is 0. The van der Waals surface area contributed by atoms with Gasteiger partial charge in [-0.3, -0.25) is 19.6 Å². The molecule has 0 heterocycles. The molecular formula is C23H22FN3O6S. The minimum Gasteiger partial charge on any atom is -0.495 e. The number of hydrogen-bond donors (Lipinski definition) is 1. The number of hydrogen-bond acceptors (Lipinski definition) is 6. The molecule has 0 fully saturated rings. The Labute approximate surface area is 196 Å². The average Bonchev–Trinajstić information content (AvgIpc) is 2.82. The van der Waals surface area contributed by atoms with Crippen molar-refractivity contribution in [3.63, 3.8) is 0 Å². The second kappa shape index (κ2) is 10.3. The van der Waals surface area contributed by atoms with E-state index in [0.29, 0.717) is 12.1 Å². The number of nitro groups is 1. The smallest absolute Gasteiger partial charge is 0.271 e. The van der Waals surface area contributed by atoms with Gasteiger partial charge in [-0.1, -0.05) is 12.1 Å². The number of nitrogens with one attached hydrogen (secondary N) is 1. The van der Waals surface area contributed by atoms with Crippen molar-refractivity contribution >= 4 is 27.3 Å². The molecule has 0 aromatic heterocycles. The molecule has 0 saturated heterocycles. The standard InChI is InChI=1S/C23H22FN3O6S/c1-3-26(15-16-5-4-6-18(24)13-16)23(28)17-7-10-20(11-8-17)34(31,32)25-21-14-19(27(29)30)9-12-22(21)33-2/h4-14,25H,3,15H2,1-2H3. The Kier molecular flexibility index (Phi) is 7.47. The number of carbonyl (C=O) groups excluding carboxylic acids is 1. The molecule has 0 bridgehead atoms. The second-order valence-electron chi connectivity index (χ2n) is 7.22. The predicted molar refractivity (Wildman–Crippen MR) is 124 cm³/mol. The zero-order valence-electron chi connectivity index (χ0n) is 18.4. The Balaban J connectivity index is 1.80. The summed E-state index contributed by atoms with van der Waals surface area (Å²) in [6.45, 7) is 2.34. The summed E-state index contributed by atoms with van der Waals surface area (Å²) in [5, 5.41) is 11.0. The van der Waals surface area contributed by atoms with Gasteiger partial charge in [0.2, 0.25) is 0 Å². The third-order valence-corrected chi connectivity index (χ3v) is 6.36. The summed E-state index contributed by atoms with van der Waals surface area (Å²) in [6, 6.07) is 14.7. The van der Waals surface area contributed by atoms with Crippen molar-refractivity contribution in [2.75, 3.05) is 18.4 Å². The van der Waals surface area contributed by atoms with E-state index >= 15 is 0 Å². The van der Waals surface area contributed by atoms with Gasteiger partial charge < -0.3 is 9.64 Å². The van der Waals surface area contributed by atoms with Gasteiger partial charge in [0.15, 0.2) is 0 Å². The lowest BCUT2D eigenvalue weighted by atomic mass is 10.1. The van der Waals surface area contributed by atoms with Crippen molar-refractivity contribution in [1.29, 1.82) is 0 Å². The zero-order valence-corrected chi connectivity index (χ0v) is 19.2. The van der Waals surface area contributed by atoms with Crippen LogP contribution in [0.15, 0.2) is 71.6 Å². The van der Waals surface area contributed by atoms with Crippen LogP contribution in [0.4, 0.5) is 15.8 Å². The predicted octanol–water partition coefficient (Wildman–Crippen LogP) is 4.21. The van der Waals surface area contributed by atoms with Crippen molar-refractivity contribution in [1.82, 2.24) is 4.90 Å². The van der Waals surface area contributed by atoms with E-state index in [1.54, 1.807) is 19.1 Å². The summed E-state index contributed by atoms with van der Waals surface area (Å²) in [5.74, 6) is -0.635. The van der Waals surface area contributed by atoms with Crippen LogP contribution < -0.4 is 9.46 Å². The fourth-order valence-corrected chi connectivity index (χ4v) is 4.30. The van der Waals surface area contributed by atoms with Crippen molar-refractivity contribution in [3.8, 4) is 5.75 Å². The van der Waals surface area contributed by atoms with E-state index in [-0.39, 0.29) is 40.0 Å². The minimum atomic E-state index is -4.13. The molecule has 11 heteroatoms. The molecule has 0 spiro atoms. The van der Waals surface area contributed by atoms with E-state index in [1.807, 2.05) is 0 Å². The molecule has 0 unspecified atom stereocenters. The van der Waals surface area contributed by atoms with Crippen LogP contribution in [-0.2, 0) is 16.6 Å². The summed E-state index contributed by atoms with van der Waals surface area (Å²) >= 11 is 0. The maximum absolute atomic E-state index is 13.5. The number of amides is 1. The number of benzene rings is 3. The summed E-state index contributed by atoms with van der Waals surface area (Å²) in [4.78, 5) is 24.6. The molecule has 0 aliphatic rings. The molecule has 9 nitrogen and oxygen atoms in total. The molecule has 3 aromatic rings. The summed E-state index contributed by atoms with van der Waals surface area (Å²) in [7, 11) is -2.82. The van der Waals surface area contributed by atoms with Crippen LogP contribution in [0, 0.1) is 15.9 Å². The molecule has 3 rings (SSSR count). The van der Waals surface area contributed by atoms with Crippen molar-refractivity contribution in [2.45, 2.75) is 18.4 Å². The van der Waals surface area contributed by atoms with Gasteiger partial charge in [0.1, 0.15) is 11.6 Å². The number of halogens is 1. The molecule has 0 radical (unpaired) electrons. The molecule has 34 heavy (non-hydrogen) atoms. The lowest BCUT2D eigenvalue weighted by Crippen LogP contribution is -2.30. The largest absolute Gasteiger partial charge is 0.495 e. The van der Waals surface area contributed by atoms with E-state index in [0.717, 1.165) is 6.07 Å².